The molecule has 2 fully saturated rings. The predicted molar refractivity (Wildman–Crippen MR) is 171 cm³/mol. The molecule has 1 saturated carbocycles. The second-order valence-corrected chi connectivity index (χ2v) is 12.6. The number of para-hydroxylation sites is 2. The Hall–Kier alpha value is -3.29. The molecule has 3 aromatic carbocycles. The van der Waals surface area contributed by atoms with Gasteiger partial charge in [-0.15, -0.1) is 0 Å². The third-order valence-electron chi connectivity index (χ3n) is 8.27. The molecule has 2 aliphatic rings. The SMILES string of the molecule is O=C(NC(CSCC1CCCCC1)C(=O)NC1CCN(Cc2ccccc2)CC1)c1ccccc1Oc1ccccc1. The van der Waals surface area contributed by atoms with Crippen molar-refractivity contribution in [3.63, 3.8) is 0 Å². The van der Waals surface area contributed by atoms with Crippen molar-refractivity contribution < 1.29 is 14.3 Å². The number of carbonyl (C=O) groups is 2. The molecule has 1 aliphatic carbocycles. The normalized spacial score (nSPS) is 17.3. The first-order chi connectivity index (χ1) is 20.6. The summed E-state index contributed by atoms with van der Waals surface area (Å²) in [6, 6.07) is 26.7. The molecule has 222 valence electrons. The van der Waals surface area contributed by atoms with Crippen molar-refractivity contribution in [2.24, 2.45) is 5.92 Å². The molecule has 6 nitrogen and oxygen atoms in total. The highest BCUT2D eigenvalue weighted by atomic mass is 32.2. The Labute approximate surface area is 254 Å². The smallest absolute Gasteiger partial charge is 0.255 e. The third kappa shape index (κ3) is 9.10. The molecule has 1 unspecified atom stereocenters. The van der Waals surface area contributed by atoms with Crippen molar-refractivity contribution in [1.82, 2.24) is 15.5 Å². The van der Waals surface area contributed by atoms with Crippen LogP contribution in [-0.2, 0) is 11.3 Å². The van der Waals surface area contributed by atoms with Gasteiger partial charge in [-0.25, -0.2) is 0 Å². The fourth-order valence-electron chi connectivity index (χ4n) is 5.86. The number of likely N-dealkylation sites (tertiary alicyclic amines) is 1. The van der Waals surface area contributed by atoms with Crippen LogP contribution in [0.3, 0.4) is 0 Å². The molecule has 1 aliphatic heterocycles. The maximum absolute atomic E-state index is 13.6. The molecule has 5 rings (SSSR count). The van der Waals surface area contributed by atoms with Crippen LogP contribution in [0.2, 0.25) is 0 Å². The number of ether oxygens (including phenoxy) is 1. The Morgan fingerprint density at radius 3 is 2.24 bits per heavy atom. The lowest BCUT2D eigenvalue weighted by Crippen LogP contribution is -2.53. The molecule has 42 heavy (non-hydrogen) atoms. The standard InChI is InChI=1S/C35H43N3O3S/c39-34(31-18-10-11-19-33(31)41-30-16-8-3-9-17-30)37-32(26-42-25-28-14-6-2-7-15-28)35(40)36-29-20-22-38(23-21-29)24-27-12-4-1-5-13-27/h1,3-5,8-13,16-19,28-29,32H,2,6-7,14-15,20-26H2,(H,36,40)(H,37,39). The number of rotatable bonds is 12. The van der Waals surface area contributed by atoms with E-state index >= 15 is 0 Å². The number of nitrogens with one attached hydrogen (secondary N) is 2. The zero-order valence-electron chi connectivity index (χ0n) is 24.4. The van der Waals surface area contributed by atoms with Crippen molar-refractivity contribution in [2.45, 2.75) is 63.6 Å². The number of carbonyl (C=O) groups excluding carboxylic acids is 2. The number of thioether (sulfide) groups is 1. The molecule has 0 bridgehead atoms. The van der Waals surface area contributed by atoms with E-state index < -0.39 is 6.04 Å². The summed E-state index contributed by atoms with van der Waals surface area (Å²) in [6.45, 7) is 2.82. The van der Waals surface area contributed by atoms with Gasteiger partial charge in [-0.1, -0.05) is 79.9 Å². The Balaban J connectivity index is 1.20. The van der Waals surface area contributed by atoms with Crippen LogP contribution in [0.1, 0.15) is 60.9 Å². The van der Waals surface area contributed by atoms with Crippen LogP contribution in [0, 0.1) is 5.92 Å². The fraction of sp³-hybridized carbons (Fsp3) is 0.429. The molecular formula is C35H43N3O3S. The van der Waals surface area contributed by atoms with E-state index in [4.69, 9.17) is 4.74 Å². The van der Waals surface area contributed by atoms with E-state index in [2.05, 4.69) is 39.8 Å². The minimum Gasteiger partial charge on any atom is -0.457 e. The highest BCUT2D eigenvalue weighted by molar-refractivity contribution is 7.99. The fourth-order valence-corrected chi connectivity index (χ4v) is 7.14. The lowest BCUT2D eigenvalue weighted by molar-refractivity contribution is -0.123. The van der Waals surface area contributed by atoms with E-state index in [-0.39, 0.29) is 17.9 Å². The first-order valence-electron chi connectivity index (χ1n) is 15.4. The Bertz CT molecular complexity index is 1260. The van der Waals surface area contributed by atoms with E-state index in [0.717, 1.165) is 38.2 Å². The average Bonchev–Trinajstić information content (AvgIpc) is 3.03. The zero-order chi connectivity index (χ0) is 29.0. The quantitative estimate of drug-likeness (QED) is 0.248. The predicted octanol–water partition coefficient (Wildman–Crippen LogP) is 6.67. The highest BCUT2D eigenvalue weighted by Gasteiger charge is 2.28. The van der Waals surface area contributed by atoms with Crippen molar-refractivity contribution in [1.29, 1.82) is 0 Å². The van der Waals surface area contributed by atoms with Crippen LogP contribution in [0.5, 0.6) is 11.5 Å². The number of hydrogen-bond acceptors (Lipinski definition) is 5. The van der Waals surface area contributed by atoms with Gasteiger partial charge in [-0.2, -0.15) is 11.8 Å². The summed E-state index contributed by atoms with van der Waals surface area (Å²) in [7, 11) is 0. The molecule has 0 radical (unpaired) electrons. The van der Waals surface area contributed by atoms with Gasteiger partial charge in [0.15, 0.2) is 0 Å². The summed E-state index contributed by atoms with van der Waals surface area (Å²) in [6.07, 6.45) is 8.27. The van der Waals surface area contributed by atoms with E-state index in [1.165, 1.54) is 37.7 Å². The van der Waals surface area contributed by atoms with Crippen molar-refractivity contribution in [2.75, 3.05) is 24.6 Å². The van der Waals surface area contributed by atoms with E-state index in [1.54, 1.807) is 23.9 Å². The Morgan fingerprint density at radius 1 is 0.833 bits per heavy atom. The van der Waals surface area contributed by atoms with Crippen LogP contribution in [-0.4, -0.2) is 53.4 Å². The number of amides is 2. The van der Waals surface area contributed by atoms with Gasteiger partial charge in [-0.3, -0.25) is 14.5 Å². The summed E-state index contributed by atoms with van der Waals surface area (Å²) < 4.78 is 6.04. The molecule has 1 saturated heterocycles. The van der Waals surface area contributed by atoms with Crippen LogP contribution < -0.4 is 15.4 Å². The Kier molecular flexibility index (Phi) is 11.4. The van der Waals surface area contributed by atoms with E-state index in [9.17, 15) is 9.59 Å². The molecule has 2 amide bonds. The van der Waals surface area contributed by atoms with Crippen LogP contribution in [0.4, 0.5) is 0 Å². The largest absolute Gasteiger partial charge is 0.457 e. The minimum absolute atomic E-state index is 0.0949. The molecule has 7 heteroatoms. The summed E-state index contributed by atoms with van der Waals surface area (Å²) in [4.78, 5) is 29.6. The van der Waals surface area contributed by atoms with Gasteiger partial charge in [0.25, 0.3) is 5.91 Å². The van der Waals surface area contributed by atoms with Gasteiger partial charge in [0.05, 0.1) is 5.56 Å². The zero-order valence-corrected chi connectivity index (χ0v) is 25.2. The molecular weight excluding hydrogens is 542 g/mol. The molecule has 0 aromatic heterocycles. The molecule has 3 aromatic rings. The summed E-state index contributed by atoms with van der Waals surface area (Å²) in [5.74, 6) is 3.04. The monoisotopic (exact) mass is 585 g/mol. The number of nitrogens with zero attached hydrogens (tertiary/aromatic N) is 1. The van der Waals surface area contributed by atoms with Gasteiger partial charge in [0.1, 0.15) is 17.5 Å². The first-order valence-corrected chi connectivity index (χ1v) is 16.6. The van der Waals surface area contributed by atoms with Gasteiger partial charge in [0, 0.05) is 31.4 Å². The maximum Gasteiger partial charge on any atom is 0.255 e. The molecule has 1 atom stereocenters. The topological polar surface area (TPSA) is 70.7 Å². The first kappa shape index (κ1) is 30.2. The van der Waals surface area contributed by atoms with Gasteiger partial charge < -0.3 is 15.4 Å². The van der Waals surface area contributed by atoms with Gasteiger partial charge >= 0.3 is 0 Å². The second-order valence-electron chi connectivity index (χ2n) is 11.5. The lowest BCUT2D eigenvalue weighted by atomic mass is 9.91. The number of piperidine rings is 1. The molecule has 0 spiro atoms. The van der Waals surface area contributed by atoms with Crippen molar-refractivity contribution in [3.8, 4) is 11.5 Å². The summed E-state index contributed by atoms with van der Waals surface area (Å²) in [5, 5.41) is 6.34. The number of benzene rings is 3. The molecule has 1 heterocycles. The average molecular weight is 586 g/mol. The van der Waals surface area contributed by atoms with Crippen molar-refractivity contribution >= 4 is 23.6 Å². The lowest BCUT2D eigenvalue weighted by Gasteiger charge is -2.33. The Morgan fingerprint density at radius 2 is 1.50 bits per heavy atom. The summed E-state index contributed by atoms with van der Waals surface area (Å²) in [5.41, 5.74) is 1.74. The second kappa shape index (κ2) is 15.8. The van der Waals surface area contributed by atoms with E-state index in [0.29, 0.717) is 28.7 Å². The third-order valence-corrected chi connectivity index (χ3v) is 9.55. The van der Waals surface area contributed by atoms with E-state index in [1.807, 2.05) is 48.5 Å². The minimum atomic E-state index is -0.613. The van der Waals surface area contributed by atoms with Gasteiger partial charge in [0.2, 0.25) is 5.91 Å². The van der Waals surface area contributed by atoms with Crippen LogP contribution in [0.25, 0.3) is 0 Å². The molecule has 2 N–H and O–H groups in total. The van der Waals surface area contributed by atoms with Gasteiger partial charge in [-0.05, 0) is 67.2 Å². The van der Waals surface area contributed by atoms with Crippen molar-refractivity contribution in [3.05, 3.63) is 96.1 Å². The highest BCUT2D eigenvalue weighted by Crippen LogP contribution is 2.28. The number of hydrogen-bond donors (Lipinski definition) is 2. The maximum atomic E-state index is 13.6. The van der Waals surface area contributed by atoms with Crippen LogP contribution in [0.15, 0.2) is 84.9 Å². The summed E-state index contributed by atoms with van der Waals surface area (Å²) >= 11 is 1.79. The van der Waals surface area contributed by atoms with Crippen LogP contribution >= 0.6 is 11.8 Å².